The minimum absolute atomic E-state index is 0.0898. The number of hydrogen-bond acceptors (Lipinski definition) is 6. The van der Waals surface area contributed by atoms with Crippen LogP contribution in [0.1, 0.15) is 31.2 Å². The van der Waals surface area contributed by atoms with Crippen LogP contribution < -0.4 is 5.32 Å². The molecule has 0 aromatic heterocycles. The Labute approximate surface area is 198 Å². The van der Waals surface area contributed by atoms with Crippen LogP contribution in [-0.2, 0) is 9.59 Å². The van der Waals surface area contributed by atoms with E-state index in [0.29, 0.717) is 39.9 Å². The number of carbonyl (C=O) groups is 2. The molecule has 3 N–H and O–H groups in total. The molecule has 1 saturated heterocycles. The highest BCUT2D eigenvalue weighted by Crippen LogP contribution is 2.35. The first-order valence-corrected chi connectivity index (χ1v) is 11.7. The molecule has 0 atom stereocenters. The van der Waals surface area contributed by atoms with Crippen molar-refractivity contribution in [2.45, 2.75) is 25.7 Å². The molecule has 2 aromatic carbocycles. The number of unbranched alkanes of at least 4 members (excludes halogenated alkanes) is 2. The summed E-state index contributed by atoms with van der Waals surface area (Å²) in [6, 6.07) is 11.4. The Morgan fingerprint density at radius 3 is 2.61 bits per heavy atom. The number of nitrogens with one attached hydrogen (secondary N) is 1. The smallest absolute Gasteiger partial charge is 0.266 e. The molecule has 6 nitrogen and oxygen atoms in total. The third kappa shape index (κ3) is 6.56. The van der Waals surface area contributed by atoms with E-state index < -0.39 is 0 Å². The van der Waals surface area contributed by atoms with Crippen molar-refractivity contribution in [3.05, 3.63) is 57.4 Å². The van der Waals surface area contributed by atoms with E-state index in [-0.39, 0.29) is 23.3 Å². The maximum Gasteiger partial charge on any atom is 0.266 e. The van der Waals surface area contributed by atoms with E-state index in [0.717, 1.165) is 17.3 Å². The number of thioether (sulfide) groups is 1. The number of hydrogen-bond donors (Lipinski definition) is 3. The molecule has 1 aliphatic heterocycles. The van der Waals surface area contributed by atoms with E-state index in [1.807, 2.05) is 0 Å². The Balaban J connectivity index is 1.44. The van der Waals surface area contributed by atoms with Gasteiger partial charge < -0.3 is 15.5 Å². The van der Waals surface area contributed by atoms with Crippen molar-refractivity contribution in [2.24, 2.45) is 0 Å². The Hall–Kier alpha value is -2.36. The van der Waals surface area contributed by atoms with Gasteiger partial charge >= 0.3 is 0 Å². The molecule has 9 heteroatoms. The van der Waals surface area contributed by atoms with Gasteiger partial charge in [-0.1, -0.05) is 46.3 Å². The number of benzene rings is 2. The number of nitrogens with zero attached hydrogens (tertiary/aromatic N) is 1. The average Bonchev–Trinajstić information content (AvgIpc) is 2.99. The quantitative estimate of drug-likeness (QED) is 0.190. The minimum atomic E-state index is -0.167. The summed E-state index contributed by atoms with van der Waals surface area (Å²) in [4.78, 5) is 26.7. The van der Waals surface area contributed by atoms with E-state index in [1.165, 1.54) is 23.9 Å². The van der Waals surface area contributed by atoms with Crippen LogP contribution in [0.25, 0.3) is 6.08 Å². The van der Waals surface area contributed by atoms with E-state index >= 15 is 0 Å². The first-order chi connectivity index (χ1) is 14.8. The summed E-state index contributed by atoms with van der Waals surface area (Å²) in [5.41, 5.74) is 1.19. The van der Waals surface area contributed by atoms with E-state index in [9.17, 15) is 19.8 Å². The third-order valence-electron chi connectivity index (χ3n) is 4.59. The van der Waals surface area contributed by atoms with Crippen molar-refractivity contribution in [1.29, 1.82) is 0 Å². The Morgan fingerprint density at radius 1 is 1.13 bits per heavy atom. The maximum absolute atomic E-state index is 12.7. The molecular weight excluding hydrogens is 500 g/mol. The molecule has 3 rings (SSSR count). The lowest BCUT2D eigenvalue weighted by molar-refractivity contribution is -0.122. The number of aromatic hydroxyl groups is 2. The van der Waals surface area contributed by atoms with Gasteiger partial charge in [-0.25, -0.2) is 0 Å². The number of anilines is 1. The van der Waals surface area contributed by atoms with Gasteiger partial charge in [-0.2, -0.15) is 0 Å². The fraction of sp³-hybridized carbons (Fsp3) is 0.227. The average molecular weight is 521 g/mol. The minimum Gasteiger partial charge on any atom is -0.508 e. The topological polar surface area (TPSA) is 89.9 Å². The Bertz CT molecular complexity index is 1020. The normalized spacial score (nSPS) is 15.0. The fourth-order valence-corrected chi connectivity index (χ4v) is 4.65. The number of amides is 2. The van der Waals surface area contributed by atoms with Crippen LogP contribution in [0.2, 0.25) is 0 Å². The van der Waals surface area contributed by atoms with Crippen LogP contribution in [0.4, 0.5) is 5.69 Å². The van der Waals surface area contributed by atoms with Crippen LogP contribution in [0.5, 0.6) is 11.5 Å². The molecule has 1 fully saturated rings. The second-order valence-corrected chi connectivity index (χ2v) is 9.53. The highest BCUT2D eigenvalue weighted by atomic mass is 79.9. The van der Waals surface area contributed by atoms with Crippen LogP contribution in [0.15, 0.2) is 51.8 Å². The van der Waals surface area contributed by atoms with Gasteiger partial charge in [0.2, 0.25) is 5.91 Å². The second kappa shape index (κ2) is 10.8. The zero-order chi connectivity index (χ0) is 22.4. The van der Waals surface area contributed by atoms with Gasteiger partial charge in [0.15, 0.2) is 0 Å². The second-order valence-electron chi connectivity index (χ2n) is 6.94. The van der Waals surface area contributed by atoms with E-state index in [2.05, 4.69) is 21.2 Å². The Kier molecular flexibility index (Phi) is 8.11. The summed E-state index contributed by atoms with van der Waals surface area (Å²) >= 11 is 9.93. The predicted octanol–water partition coefficient (Wildman–Crippen LogP) is 5.26. The van der Waals surface area contributed by atoms with Crippen LogP contribution >= 0.6 is 39.9 Å². The number of carbonyl (C=O) groups excluding carboxylic acids is 2. The summed E-state index contributed by atoms with van der Waals surface area (Å²) < 4.78 is 1.30. The summed E-state index contributed by atoms with van der Waals surface area (Å²) in [7, 11) is 0. The van der Waals surface area contributed by atoms with Gasteiger partial charge in [0.1, 0.15) is 15.8 Å². The lowest BCUT2D eigenvalue weighted by atomic mass is 10.1. The first kappa shape index (κ1) is 23.3. The molecule has 1 aliphatic rings. The highest BCUT2D eigenvalue weighted by molar-refractivity contribution is 9.10. The highest BCUT2D eigenvalue weighted by Gasteiger charge is 2.31. The molecule has 31 heavy (non-hydrogen) atoms. The number of halogens is 1. The maximum atomic E-state index is 12.7. The SMILES string of the molecule is O=C(CCCCCN1C(=O)/C(=C/c2cc(Br)ccc2O)SC1=S)Nc1ccc(O)cc1. The number of thiocarbonyl (C=S) groups is 1. The zero-order valence-corrected chi connectivity index (χ0v) is 19.7. The summed E-state index contributed by atoms with van der Waals surface area (Å²) in [5, 5.41) is 22.0. The lowest BCUT2D eigenvalue weighted by Crippen LogP contribution is -2.29. The van der Waals surface area contributed by atoms with E-state index in [4.69, 9.17) is 12.2 Å². The van der Waals surface area contributed by atoms with Gasteiger partial charge in [0, 0.05) is 28.7 Å². The molecule has 0 saturated carbocycles. The molecule has 0 aliphatic carbocycles. The van der Waals surface area contributed by atoms with Crippen molar-refractivity contribution >= 4 is 67.8 Å². The molecule has 0 bridgehead atoms. The summed E-state index contributed by atoms with van der Waals surface area (Å²) in [6.07, 6.45) is 4.23. The number of phenols is 2. The largest absolute Gasteiger partial charge is 0.508 e. The van der Waals surface area contributed by atoms with Crippen molar-refractivity contribution in [3.63, 3.8) is 0 Å². The number of rotatable bonds is 8. The molecule has 162 valence electrons. The molecule has 2 amide bonds. The standard InChI is InChI=1S/C22H21BrN2O4S2/c23-15-5-10-18(27)14(12-15)13-19-21(29)25(22(30)31-19)11-3-1-2-4-20(28)24-16-6-8-17(26)9-7-16/h5-10,12-13,26-27H,1-4,11H2,(H,24,28)/b19-13-. The fourth-order valence-electron chi connectivity index (χ4n) is 2.98. The Morgan fingerprint density at radius 2 is 1.87 bits per heavy atom. The van der Waals surface area contributed by atoms with Gasteiger partial charge in [-0.05, 0) is 61.4 Å². The first-order valence-electron chi connectivity index (χ1n) is 9.66. The molecule has 0 unspecified atom stereocenters. The van der Waals surface area contributed by atoms with E-state index in [1.54, 1.807) is 41.3 Å². The molecule has 0 radical (unpaired) electrons. The van der Waals surface area contributed by atoms with Crippen LogP contribution in [-0.4, -0.2) is 37.8 Å². The van der Waals surface area contributed by atoms with Crippen molar-refractivity contribution in [1.82, 2.24) is 4.90 Å². The molecular formula is C22H21BrN2O4S2. The lowest BCUT2D eigenvalue weighted by Gasteiger charge is -2.14. The predicted molar refractivity (Wildman–Crippen MR) is 131 cm³/mol. The summed E-state index contributed by atoms with van der Waals surface area (Å²) in [6.45, 7) is 0.492. The monoisotopic (exact) mass is 520 g/mol. The van der Waals surface area contributed by atoms with Gasteiger partial charge in [-0.15, -0.1) is 0 Å². The van der Waals surface area contributed by atoms with Gasteiger partial charge in [0.05, 0.1) is 4.91 Å². The third-order valence-corrected chi connectivity index (χ3v) is 6.46. The molecule has 0 spiro atoms. The van der Waals surface area contributed by atoms with Gasteiger partial charge in [-0.3, -0.25) is 14.5 Å². The summed E-state index contributed by atoms with van der Waals surface area (Å²) in [5.74, 6) is -0.0106. The van der Waals surface area contributed by atoms with Crippen LogP contribution in [0, 0.1) is 0 Å². The van der Waals surface area contributed by atoms with Crippen molar-refractivity contribution < 1.29 is 19.8 Å². The zero-order valence-electron chi connectivity index (χ0n) is 16.5. The van der Waals surface area contributed by atoms with Crippen molar-refractivity contribution in [3.8, 4) is 11.5 Å². The van der Waals surface area contributed by atoms with Crippen LogP contribution in [0.3, 0.4) is 0 Å². The molecule has 2 aromatic rings. The molecule has 1 heterocycles. The number of phenolic OH excluding ortho intramolecular Hbond substituents is 2. The van der Waals surface area contributed by atoms with Gasteiger partial charge in [0.25, 0.3) is 5.91 Å². The van der Waals surface area contributed by atoms with Crippen molar-refractivity contribution in [2.75, 3.05) is 11.9 Å².